The van der Waals surface area contributed by atoms with E-state index < -0.39 is 12.0 Å². The summed E-state index contributed by atoms with van der Waals surface area (Å²) >= 11 is 0. The number of likely N-dealkylation sites (tertiary alicyclic amines) is 1. The standard InChI is InChI=1S/C19H23N3O4/c1-12(17(23)20-8-2-3-9-20)22-16-10-14(18(24)25)6-7-15(16)21(19(22)26)11-13-4-5-13/h6-7,10,12-13H,2-5,8-9,11H2,1H3,(H,24,25)/t12-/m1/s1. The van der Waals surface area contributed by atoms with Crippen molar-refractivity contribution in [3.05, 3.63) is 34.2 Å². The van der Waals surface area contributed by atoms with Gasteiger partial charge in [-0.1, -0.05) is 0 Å². The maximum Gasteiger partial charge on any atom is 0.335 e. The Hall–Kier alpha value is -2.57. The van der Waals surface area contributed by atoms with Gasteiger partial charge in [0.1, 0.15) is 6.04 Å². The predicted molar refractivity (Wildman–Crippen MR) is 96.4 cm³/mol. The van der Waals surface area contributed by atoms with Gasteiger partial charge in [0.05, 0.1) is 16.6 Å². The minimum Gasteiger partial charge on any atom is -0.478 e. The molecular formula is C19H23N3O4. The summed E-state index contributed by atoms with van der Waals surface area (Å²) in [4.78, 5) is 39.1. The summed E-state index contributed by atoms with van der Waals surface area (Å²) in [6.07, 6.45) is 4.18. The van der Waals surface area contributed by atoms with Crippen molar-refractivity contribution in [3.63, 3.8) is 0 Å². The smallest absolute Gasteiger partial charge is 0.335 e. The number of aromatic carboxylic acids is 1. The Morgan fingerprint density at radius 2 is 1.88 bits per heavy atom. The van der Waals surface area contributed by atoms with E-state index in [0.29, 0.717) is 23.5 Å². The van der Waals surface area contributed by atoms with Crippen LogP contribution >= 0.6 is 0 Å². The summed E-state index contributed by atoms with van der Waals surface area (Å²) in [5.74, 6) is -0.620. The molecule has 2 heterocycles. The van der Waals surface area contributed by atoms with E-state index in [1.165, 1.54) is 16.7 Å². The van der Waals surface area contributed by atoms with E-state index in [2.05, 4.69) is 0 Å². The van der Waals surface area contributed by atoms with Gasteiger partial charge in [-0.2, -0.15) is 0 Å². The van der Waals surface area contributed by atoms with Crippen LogP contribution in [0.25, 0.3) is 11.0 Å². The van der Waals surface area contributed by atoms with Gasteiger partial charge in [-0.3, -0.25) is 13.9 Å². The van der Waals surface area contributed by atoms with Gasteiger partial charge in [-0.05, 0) is 56.7 Å². The predicted octanol–water partition coefficient (Wildman–Crippen LogP) is 2.09. The molecule has 1 saturated carbocycles. The van der Waals surface area contributed by atoms with Gasteiger partial charge in [-0.25, -0.2) is 9.59 Å². The Morgan fingerprint density at radius 3 is 2.50 bits per heavy atom. The number of carbonyl (C=O) groups excluding carboxylic acids is 1. The number of carboxylic acids is 1. The number of carboxylic acid groups (broad SMARTS) is 1. The van der Waals surface area contributed by atoms with Crippen molar-refractivity contribution in [2.24, 2.45) is 5.92 Å². The lowest BCUT2D eigenvalue weighted by molar-refractivity contribution is -0.133. The number of amides is 1. The first kappa shape index (κ1) is 16.9. The number of aromatic nitrogens is 2. The molecule has 2 fully saturated rings. The molecule has 1 aromatic heterocycles. The largest absolute Gasteiger partial charge is 0.478 e. The molecule has 26 heavy (non-hydrogen) atoms. The Labute approximate surface area is 150 Å². The van der Waals surface area contributed by atoms with Crippen LogP contribution in [0.1, 0.15) is 49.0 Å². The highest BCUT2D eigenvalue weighted by molar-refractivity contribution is 5.93. The van der Waals surface area contributed by atoms with Crippen molar-refractivity contribution in [2.75, 3.05) is 13.1 Å². The minimum atomic E-state index is -1.04. The number of hydrogen-bond acceptors (Lipinski definition) is 3. The van der Waals surface area contributed by atoms with Crippen LogP contribution in [0.5, 0.6) is 0 Å². The number of nitrogens with zero attached hydrogens (tertiary/aromatic N) is 3. The molecule has 0 radical (unpaired) electrons. The average molecular weight is 357 g/mol. The summed E-state index contributed by atoms with van der Waals surface area (Å²) in [5.41, 5.74) is 1.12. The van der Waals surface area contributed by atoms with Crippen molar-refractivity contribution < 1.29 is 14.7 Å². The van der Waals surface area contributed by atoms with Gasteiger partial charge < -0.3 is 10.0 Å². The van der Waals surface area contributed by atoms with E-state index in [1.807, 2.05) is 0 Å². The quantitative estimate of drug-likeness (QED) is 0.888. The number of fused-ring (bicyclic) bond motifs is 1. The highest BCUT2D eigenvalue weighted by atomic mass is 16.4. The van der Waals surface area contributed by atoms with Crippen LogP contribution in [0.2, 0.25) is 0 Å². The molecular weight excluding hydrogens is 334 g/mol. The maximum atomic E-state index is 13.1. The minimum absolute atomic E-state index is 0.0733. The molecule has 4 rings (SSSR count). The zero-order valence-electron chi connectivity index (χ0n) is 14.9. The number of rotatable bonds is 5. The summed E-state index contributed by atoms with van der Waals surface area (Å²) < 4.78 is 3.18. The van der Waals surface area contributed by atoms with Gasteiger partial charge in [0, 0.05) is 19.6 Å². The lowest BCUT2D eigenvalue weighted by Gasteiger charge is -2.21. The lowest BCUT2D eigenvalue weighted by Crippen LogP contribution is -2.38. The zero-order chi connectivity index (χ0) is 18.4. The van der Waals surface area contributed by atoms with E-state index >= 15 is 0 Å². The molecule has 7 heteroatoms. The van der Waals surface area contributed by atoms with E-state index in [-0.39, 0.29) is 17.2 Å². The Kier molecular flexibility index (Phi) is 4.09. The van der Waals surface area contributed by atoms with Crippen LogP contribution in [-0.4, -0.2) is 44.1 Å². The molecule has 0 spiro atoms. The molecule has 2 aliphatic rings. The zero-order valence-corrected chi connectivity index (χ0v) is 14.9. The van der Waals surface area contributed by atoms with Crippen molar-refractivity contribution in [1.82, 2.24) is 14.0 Å². The lowest BCUT2D eigenvalue weighted by atomic mass is 10.2. The fourth-order valence-corrected chi connectivity index (χ4v) is 3.84. The second-order valence-electron chi connectivity index (χ2n) is 7.42. The molecule has 138 valence electrons. The Morgan fingerprint density at radius 1 is 1.19 bits per heavy atom. The van der Waals surface area contributed by atoms with Crippen molar-refractivity contribution in [2.45, 2.75) is 45.2 Å². The maximum absolute atomic E-state index is 13.1. The van der Waals surface area contributed by atoms with Crippen molar-refractivity contribution >= 4 is 22.9 Å². The molecule has 0 unspecified atom stereocenters. The molecule has 1 aliphatic carbocycles. The molecule has 1 aromatic carbocycles. The van der Waals surface area contributed by atoms with Crippen LogP contribution in [0.3, 0.4) is 0 Å². The van der Waals surface area contributed by atoms with Crippen LogP contribution in [-0.2, 0) is 11.3 Å². The summed E-state index contributed by atoms with van der Waals surface area (Å²) in [7, 11) is 0. The van der Waals surface area contributed by atoms with Crippen LogP contribution in [0.15, 0.2) is 23.0 Å². The molecule has 0 bridgehead atoms. The highest BCUT2D eigenvalue weighted by Crippen LogP contribution is 2.32. The van der Waals surface area contributed by atoms with Gasteiger partial charge in [0.15, 0.2) is 0 Å². The van der Waals surface area contributed by atoms with Crippen LogP contribution in [0, 0.1) is 5.92 Å². The van der Waals surface area contributed by atoms with E-state index in [1.54, 1.807) is 22.5 Å². The number of benzene rings is 1. The first-order valence-corrected chi connectivity index (χ1v) is 9.24. The number of hydrogen-bond donors (Lipinski definition) is 1. The Bertz CT molecular complexity index is 932. The average Bonchev–Trinajstić information content (AvgIpc) is 3.19. The topological polar surface area (TPSA) is 84.5 Å². The molecule has 1 atom stereocenters. The Balaban J connectivity index is 1.84. The van der Waals surface area contributed by atoms with E-state index in [9.17, 15) is 19.5 Å². The fourth-order valence-electron chi connectivity index (χ4n) is 3.84. The molecule has 1 amide bonds. The monoisotopic (exact) mass is 357 g/mol. The SMILES string of the molecule is C[C@H](C(=O)N1CCCC1)n1c(=O)n(CC2CC2)c2ccc(C(=O)O)cc21. The first-order chi connectivity index (χ1) is 12.5. The van der Waals surface area contributed by atoms with E-state index in [0.717, 1.165) is 38.8 Å². The summed E-state index contributed by atoms with van der Waals surface area (Å²) in [5, 5.41) is 9.32. The van der Waals surface area contributed by atoms with Crippen molar-refractivity contribution in [3.8, 4) is 0 Å². The fraction of sp³-hybridized carbons (Fsp3) is 0.526. The third-order valence-corrected chi connectivity index (χ3v) is 5.51. The van der Waals surface area contributed by atoms with Crippen LogP contribution in [0.4, 0.5) is 0 Å². The number of imidazole rings is 1. The van der Waals surface area contributed by atoms with E-state index in [4.69, 9.17) is 0 Å². The molecule has 7 nitrogen and oxygen atoms in total. The second kappa shape index (κ2) is 6.30. The summed E-state index contributed by atoms with van der Waals surface area (Å²) in [6, 6.07) is 4.07. The molecule has 2 aromatic rings. The molecule has 1 aliphatic heterocycles. The van der Waals surface area contributed by atoms with Gasteiger partial charge in [0.2, 0.25) is 5.91 Å². The third-order valence-electron chi connectivity index (χ3n) is 5.51. The first-order valence-electron chi connectivity index (χ1n) is 9.24. The normalized spacial score (nSPS) is 18.4. The molecule has 1 saturated heterocycles. The van der Waals surface area contributed by atoms with Crippen molar-refractivity contribution in [1.29, 1.82) is 0 Å². The second-order valence-corrected chi connectivity index (χ2v) is 7.42. The van der Waals surface area contributed by atoms with Crippen LogP contribution < -0.4 is 5.69 Å². The highest BCUT2D eigenvalue weighted by Gasteiger charge is 2.30. The van der Waals surface area contributed by atoms with Gasteiger partial charge in [-0.15, -0.1) is 0 Å². The van der Waals surface area contributed by atoms with Gasteiger partial charge in [0.25, 0.3) is 0 Å². The summed E-state index contributed by atoms with van der Waals surface area (Å²) in [6.45, 7) is 3.80. The third kappa shape index (κ3) is 2.81. The molecule has 1 N–H and O–H groups in total. The van der Waals surface area contributed by atoms with Gasteiger partial charge >= 0.3 is 11.7 Å². The number of carbonyl (C=O) groups is 2.